The van der Waals surface area contributed by atoms with E-state index >= 15 is 0 Å². The van der Waals surface area contributed by atoms with Crippen molar-refractivity contribution in [2.24, 2.45) is 5.73 Å². The molecule has 0 aliphatic carbocycles. The minimum absolute atomic E-state index is 0.0606. The first-order valence-corrected chi connectivity index (χ1v) is 6.04. The Bertz CT molecular complexity index is 465. The molecule has 2 rings (SSSR count). The molecule has 84 valence electrons. The van der Waals surface area contributed by atoms with Crippen molar-refractivity contribution in [1.82, 2.24) is 0 Å². The summed E-state index contributed by atoms with van der Waals surface area (Å²) in [5.41, 5.74) is 8.41. The van der Waals surface area contributed by atoms with Crippen LogP contribution >= 0.6 is 11.3 Å². The standard InChI is InChI=1S/C13H15NOS/c1-9-5-6-10(8-11(9)15-2)13(14)12-4-3-7-16-12/h3-8,13H,14H2,1-2H3/t13-/m1/s1. The first-order chi connectivity index (χ1) is 7.72. The van der Waals surface area contributed by atoms with Crippen LogP contribution < -0.4 is 10.5 Å². The molecule has 1 heterocycles. The summed E-state index contributed by atoms with van der Waals surface area (Å²) >= 11 is 1.68. The van der Waals surface area contributed by atoms with Gasteiger partial charge in [-0.3, -0.25) is 0 Å². The molecule has 2 aromatic rings. The second-order valence-corrected chi connectivity index (χ2v) is 4.70. The molecule has 0 aliphatic heterocycles. The molecule has 0 bridgehead atoms. The zero-order valence-electron chi connectivity index (χ0n) is 9.44. The zero-order chi connectivity index (χ0) is 11.5. The topological polar surface area (TPSA) is 35.2 Å². The molecule has 0 radical (unpaired) electrons. The van der Waals surface area contributed by atoms with Crippen LogP contribution in [0, 0.1) is 6.92 Å². The van der Waals surface area contributed by atoms with Crippen LogP contribution in [0.4, 0.5) is 0 Å². The summed E-state index contributed by atoms with van der Waals surface area (Å²) in [4.78, 5) is 1.17. The first kappa shape index (κ1) is 11.2. The maximum Gasteiger partial charge on any atom is 0.122 e. The molecule has 1 aromatic carbocycles. The number of methoxy groups -OCH3 is 1. The summed E-state index contributed by atoms with van der Waals surface area (Å²) < 4.78 is 5.30. The highest BCUT2D eigenvalue weighted by atomic mass is 32.1. The van der Waals surface area contributed by atoms with Crippen LogP contribution in [0.5, 0.6) is 5.75 Å². The van der Waals surface area contributed by atoms with E-state index in [4.69, 9.17) is 10.5 Å². The van der Waals surface area contributed by atoms with Gasteiger partial charge in [0.05, 0.1) is 13.2 Å². The van der Waals surface area contributed by atoms with Gasteiger partial charge in [0.25, 0.3) is 0 Å². The van der Waals surface area contributed by atoms with Crippen LogP contribution in [0.3, 0.4) is 0 Å². The number of hydrogen-bond donors (Lipinski definition) is 1. The third-order valence-corrected chi connectivity index (χ3v) is 3.60. The van der Waals surface area contributed by atoms with E-state index in [-0.39, 0.29) is 6.04 Å². The second kappa shape index (κ2) is 4.68. The molecule has 2 nitrogen and oxygen atoms in total. The van der Waals surface area contributed by atoms with Gasteiger partial charge in [-0.05, 0) is 35.6 Å². The Morgan fingerprint density at radius 2 is 2.12 bits per heavy atom. The number of rotatable bonds is 3. The number of ether oxygens (including phenoxy) is 1. The summed E-state index contributed by atoms with van der Waals surface area (Å²) in [6.45, 7) is 2.03. The third kappa shape index (κ3) is 2.10. The smallest absolute Gasteiger partial charge is 0.122 e. The van der Waals surface area contributed by atoms with Gasteiger partial charge in [0.15, 0.2) is 0 Å². The largest absolute Gasteiger partial charge is 0.496 e. The van der Waals surface area contributed by atoms with Crippen LogP contribution in [0.25, 0.3) is 0 Å². The van der Waals surface area contributed by atoms with Gasteiger partial charge in [-0.15, -0.1) is 11.3 Å². The van der Waals surface area contributed by atoms with E-state index in [2.05, 4.69) is 12.1 Å². The fraction of sp³-hybridized carbons (Fsp3) is 0.231. The van der Waals surface area contributed by atoms with Crippen LogP contribution in [0.1, 0.15) is 22.0 Å². The summed E-state index contributed by atoms with van der Waals surface area (Å²) in [6, 6.07) is 10.1. The SMILES string of the molecule is COc1cc([C@@H](N)c2cccs2)ccc1C. The van der Waals surface area contributed by atoms with Crippen molar-refractivity contribution in [3.63, 3.8) is 0 Å². The molecule has 0 amide bonds. The average molecular weight is 233 g/mol. The third-order valence-electron chi connectivity index (χ3n) is 2.64. The van der Waals surface area contributed by atoms with E-state index in [1.54, 1.807) is 18.4 Å². The van der Waals surface area contributed by atoms with Crippen LogP contribution in [-0.4, -0.2) is 7.11 Å². The van der Waals surface area contributed by atoms with Crippen molar-refractivity contribution in [1.29, 1.82) is 0 Å². The first-order valence-electron chi connectivity index (χ1n) is 5.16. The lowest BCUT2D eigenvalue weighted by atomic mass is 10.0. The molecule has 1 atom stereocenters. The maximum atomic E-state index is 6.19. The lowest BCUT2D eigenvalue weighted by Gasteiger charge is -2.12. The Morgan fingerprint density at radius 1 is 1.31 bits per heavy atom. The number of thiophene rings is 1. The van der Waals surface area contributed by atoms with Crippen LogP contribution in [0.2, 0.25) is 0 Å². The lowest BCUT2D eigenvalue weighted by molar-refractivity contribution is 0.411. The Kier molecular flexibility index (Phi) is 3.27. The van der Waals surface area contributed by atoms with Crippen molar-refractivity contribution in [2.45, 2.75) is 13.0 Å². The normalized spacial score (nSPS) is 12.4. The summed E-state index contributed by atoms with van der Waals surface area (Å²) in [5, 5.41) is 2.04. The average Bonchev–Trinajstić information content (AvgIpc) is 2.82. The molecule has 16 heavy (non-hydrogen) atoms. The van der Waals surface area contributed by atoms with E-state index in [1.165, 1.54) is 4.88 Å². The predicted molar refractivity (Wildman–Crippen MR) is 68.1 cm³/mol. The minimum Gasteiger partial charge on any atom is -0.496 e. The zero-order valence-corrected chi connectivity index (χ0v) is 10.3. The summed E-state index contributed by atoms with van der Waals surface area (Å²) in [7, 11) is 1.68. The molecular weight excluding hydrogens is 218 g/mol. The van der Waals surface area contributed by atoms with Gasteiger partial charge in [-0.2, -0.15) is 0 Å². The summed E-state index contributed by atoms with van der Waals surface area (Å²) in [5.74, 6) is 0.893. The predicted octanol–water partition coefficient (Wildman–Crippen LogP) is 3.11. The lowest BCUT2D eigenvalue weighted by Crippen LogP contribution is -2.10. The van der Waals surface area contributed by atoms with E-state index in [9.17, 15) is 0 Å². The summed E-state index contributed by atoms with van der Waals surface area (Å²) in [6.07, 6.45) is 0. The molecule has 3 heteroatoms. The van der Waals surface area contributed by atoms with Crippen molar-refractivity contribution in [2.75, 3.05) is 7.11 Å². The molecule has 0 saturated heterocycles. The number of aryl methyl sites for hydroxylation is 1. The Labute approximate surface area is 99.7 Å². The van der Waals surface area contributed by atoms with Crippen molar-refractivity contribution in [3.8, 4) is 5.75 Å². The molecule has 0 spiro atoms. The van der Waals surface area contributed by atoms with E-state index in [0.717, 1.165) is 16.9 Å². The van der Waals surface area contributed by atoms with Crippen LogP contribution in [0.15, 0.2) is 35.7 Å². The Morgan fingerprint density at radius 3 is 2.75 bits per heavy atom. The highest BCUT2D eigenvalue weighted by molar-refractivity contribution is 7.10. The van der Waals surface area contributed by atoms with Gasteiger partial charge in [-0.1, -0.05) is 18.2 Å². The van der Waals surface area contributed by atoms with Gasteiger partial charge in [0, 0.05) is 4.88 Å². The van der Waals surface area contributed by atoms with Gasteiger partial charge in [0.2, 0.25) is 0 Å². The monoisotopic (exact) mass is 233 g/mol. The minimum atomic E-state index is -0.0606. The second-order valence-electron chi connectivity index (χ2n) is 3.72. The molecule has 0 saturated carbocycles. The molecular formula is C13H15NOS. The number of nitrogens with two attached hydrogens (primary N) is 1. The van der Waals surface area contributed by atoms with E-state index in [1.807, 2.05) is 30.5 Å². The molecule has 0 fully saturated rings. The van der Waals surface area contributed by atoms with Gasteiger partial charge in [0.1, 0.15) is 5.75 Å². The van der Waals surface area contributed by atoms with E-state index < -0.39 is 0 Å². The van der Waals surface area contributed by atoms with Crippen molar-refractivity contribution >= 4 is 11.3 Å². The van der Waals surface area contributed by atoms with Gasteiger partial charge >= 0.3 is 0 Å². The van der Waals surface area contributed by atoms with Gasteiger partial charge in [-0.25, -0.2) is 0 Å². The molecule has 0 unspecified atom stereocenters. The fourth-order valence-corrected chi connectivity index (χ4v) is 2.42. The quantitative estimate of drug-likeness (QED) is 0.884. The molecule has 2 N–H and O–H groups in total. The Balaban J connectivity index is 2.34. The highest BCUT2D eigenvalue weighted by Gasteiger charge is 2.11. The maximum absolute atomic E-state index is 6.19. The number of benzene rings is 1. The van der Waals surface area contributed by atoms with Crippen LogP contribution in [-0.2, 0) is 0 Å². The van der Waals surface area contributed by atoms with Gasteiger partial charge < -0.3 is 10.5 Å². The highest BCUT2D eigenvalue weighted by Crippen LogP contribution is 2.27. The fourth-order valence-electron chi connectivity index (χ4n) is 1.66. The van der Waals surface area contributed by atoms with E-state index in [0.29, 0.717) is 0 Å². The van der Waals surface area contributed by atoms with Crippen molar-refractivity contribution < 1.29 is 4.74 Å². The Hall–Kier alpha value is -1.32. The number of hydrogen-bond acceptors (Lipinski definition) is 3. The molecule has 0 aliphatic rings. The van der Waals surface area contributed by atoms with Crippen molar-refractivity contribution in [3.05, 3.63) is 51.7 Å². The molecule has 1 aromatic heterocycles.